The summed E-state index contributed by atoms with van der Waals surface area (Å²) in [5.41, 5.74) is 6.33. The molecule has 4 aliphatic rings. The average molecular weight is 384 g/mol. The van der Waals surface area contributed by atoms with Crippen LogP contribution in [0.2, 0.25) is 0 Å². The lowest BCUT2D eigenvalue weighted by Crippen LogP contribution is -2.54. The molecule has 3 aliphatic carbocycles. The maximum Gasteiger partial charge on any atom is 0.227 e. The van der Waals surface area contributed by atoms with Gasteiger partial charge in [0.25, 0.3) is 0 Å². The first kappa shape index (κ1) is 19.9. The molecular formula is C20H34ClN3O2. The number of amides is 2. The highest BCUT2D eigenvalue weighted by atomic mass is 35.5. The maximum absolute atomic E-state index is 12.9. The number of halogens is 1. The summed E-state index contributed by atoms with van der Waals surface area (Å²) < 4.78 is 0. The second-order valence-corrected chi connectivity index (χ2v) is 8.83. The van der Waals surface area contributed by atoms with Crippen molar-refractivity contribution in [2.45, 2.75) is 63.8 Å². The van der Waals surface area contributed by atoms with Crippen LogP contribution >= 0.6 is 12.4 Å². The van der Waals surface area contributed by atoms with E-state index in [9.17, 15) is 9.59 Å². The fourth-order valence-corrected chi connectivity index (χ4v) is 5.87. The summed E-state index contributed by atoms with van der Waals surface area (Å²) in [5, 5.41) is 0. The van der Waals surface area contributed by atoms with E-state index >= 15 is 0 Å². The van der Waals surface area contributed by atoms with Crippen LogP contribution in [-0.4, -0.2) is 53.8 Å². The Hall–Kier alpha value is -0.810. The minimum atomic E-state index is 0. The Morgan fingerprint density at radius 1 is 0.885 bits per heavy atom. The topological polar surface area (TPSA) is 66.6 Å². The first-order valence-corrected chi connectivity index (χ1v) is 10.5. The van der Waals surface area contributed by atoms with E-state index in [-0.39, 0.29) is 36.2 Å². The van der Waals surface area contributed by atoms with Crippen molar-refractivity contribution in [2.75, 3.05) is 26.2 Å². The maximum atomic E-state index is 12.9. The first-order chi connectivity index (χ1) is 12.1. The third-order valence-electron chi connectivity index (χ3n) is 7.45. The number of hydrogen-bond donors (Lipinski definition) is 1. The van der Waals surface area contributed by atoms with E-state index < -0.39 is 0 Å². The normalized spacial score (nSPS) is 34.2. The number of piperazine rings is 1. The van der Waals surface area contributed by atoms with Crippen molar-refractivity contribution in [3.8, 4) is 0 Å². The molecule has 0 spiro atoms. The molecule has 26 heavy (non-hydrogen) atoms. The van der Waals surface area contributed by atoms with Gasteiger partial charge in [0.2, 0.25) is 11.8 Å². The molecule has 4 atom stereocenters. The summed E-state index contributed by atoms with van der Waals surface area (Å²) in [7, 11) is 0. The lowest BCUT2D eigenvalue weighted by atomic mass is 9.84. The molecule has 0 aromatic heterocycles. The molecule has 0 radical (unpaired) electrons. The molecule has 4 rings (SSSR count). The van der Waals surface area contributed by atoms with Crippen molar-refractivity contribution in [1.82, 2.24) is 9.80 Å². The van der Waals surface area contributed by atoms with Gasteiger partial charge in [-0.1, -0.05) is 25.7 Å². The highest BCUT2D eigenvalue weighted by Crippen LogP contribution is 2.48. The number of carbonyl (C=O) groups is 2. The van der Waals surface area contributed by atoms with Gasteiger partial charge >= 0.3 is 0 Å². The smallest absolute Gasteiger partial charge is 0.227 e. The van der Waals surface area contributed by atoms with Crippen LogP contribution in [0.15, 0.2) is 0 Å². The van der Waals surface area contributed by atoms with Crippen LogP contribution in [0.3, 0.4) is 0 Å². The molecule has 4 unspecified atom stereocenters. The number of nitrogens with two attached hydrogens (primary N) is 1. The summed E-state index contributed by atoms with van der Waals surface area (Å²) in [4.78, 5) is 29.3. The van der Waals surface area contributed by atoms with Gasteiger partial charge in [0.05, 0.1) is 5.92 Å². The molecule has 2 bridgehead atoms. The quantitative estimate of drug-likeness (QED) is 0.810. The number of rotatable bonds is 4. The average Bonchev–Trinajstić information content (AvgIpc) is 3.37. The molecule has 1 aliphatic heterocycles. The van der Waals surface area contributed by atoms with Crippen molar-refractivity contribution >= 4 is 24.2 Å². The van der Waals surface area contributed by atoms with E-state index in [1.165, 1.54) is 38.5 Å². The predicted molar refractivity (Wildman–Crippen MR) is 104 cm³/mol. The molecule has 3 saturated carbocycles. The lowest BCUT2D eigenvalue weighted by Gasteiger charge is -2.38. The second kappa shape index (κ2) is 8.47. The molecule has 0 aromatic rings. The number of carbonyl (C=O) groups excluding carboxylic acids is 2. The van der Waals surface area contributed by atoms with Gasteiger partial charge in [-0.3, -0.25) is 9.59 Å². The van der Waals surface area contributed by atoms with E-state index in [0.717, 1.165) is 18.8 Å². The number of fused-ring (bicyclic) bond motifs is 2. The SMILES string of the molecule is Cl.NC1C2CCC(C2)C1C(=O)N1CCN(C(=O)CCC2CCCC2)CC1. The van der Waals surface area contributed by atoms with E-state index in [4.69, 9.17) is 5.73 Å². The Morgan fingerprint density at radius 3 is 2.12 bits per heavy atom. The Labute approximate surface area is 163 Å². The third-order valence-corrected chi connectivity index (χ3v) is 7.45. The fraction of sp³-hybridized carbons (Fsp3) is 0.900. The zero-order valence-electron chi connectivity index (χ0n) is 15.8. The van der Waals surface area contributed by atoms with Crippen LogP contribution < -0.4 is 5.73 Å². The molecule has 5 nitrogen and oxygen atoms in total. The van der Waals surface area contributed by atoms with Gasteiger partial charge < -0.3 is 15.5 Å². The minimum Gasteiger partial charge on any atom is -0.339 e. The predicted octanol–water partition coefficient (Wildman–Crippen LogP) is 2.42. The highest BCUT2D eigenvalue weighted by Gasteiger charge is 2.50. The molecule has 148 valence electrons. The largest absolute Gasteiger partial charge is 0.339 e. The van der Waals surface area contributed by atoms with Gasteiger partial charge in [-0.05, 0) is 43.4 Å². The molecule has 2 N–H and O–H groups in total. The van der Waals surface area contributed by atoms with E-state index in [1.54, 1.807) is 0 Å². The van der Waals surface area contributed by atoms with Gasteiger partial charge in [-0.15, -0.1) is 12.4 Å². The monoisotopic (exact) mass is 383 g/mol. The molecular weight excluding hydrogens is 350 g/mol. The number of hydrogen-bond acceptors (Lipinski definition) is 3. The van der Waals surface area contributed by atoms with Gasteiger partial charge in [0, 0.05) is 38.6 Å². The van der Waals surface area contributed by atoms with Crippen molar-refractivity contribution in [1.29, 1.82) is 0 Å². The number of nitrogens with zero attached hydrogens (tertiary/aromatic N) is 2. The van der Waals surface area contributed by atoms with Crippen LogP contribution in [0.5, 0.6) is 0 Å². The molecule has 4 fully saturated rings. The Morgan fingerprint density at radius 2 is 1.50 bits per heavy atom. The molecule has 1 heterocycles. The molecule has 6 heteroatoms. The summed E-state index contributed by atoms with van der Waals surface area (Å²) in [6.07, 6.45) is 10.6. The summed E-state index contributed by atoms with van der Waals surface area (Å²) in [6.45, 7) is 2.78. The van der Waals surface area contributed by atoms with Crippen molar-refractivity contribution in [2.24, 2.45) is 29.4 Å². The Bertz CT molecular complexity index is 513. The fourth-order valence-electron chi connectivity index (χ4n) is 5.87. The Balaban J connectivity index is 0.00000196. The zero-order valence-corrected chi connectivity index (χ0v) is 16.6. The second-order valence-electron chi connectivity index (χ2n) is 8.83. The first-order valence-electron chi connectivity index (χ1n) is 10.5. The summed E-state index contributed by atoms with van der Waals surface area (Å²) in [6, 6.07) is 0.0670. The molecule has 0 aromatic carbocycles. The van der Waals surface area contributed by atoms with Crippen LogP contribution in [0.4, 0.5) is 0 Å². The van der Waals surface area contributed by atoms with Crippen molar-refractivity contribution in [3.05, 3.63) is 0 Å². The van der Waals surface area contributed by atoms with E-state index in [0.29, 0.717) is 44.4 Å². The highest BCUT2D eigenvalue weighted by molar-refractivity contribution is 5.85. The van der Waals surface area contributed by atoms with Gasteiger partial charge in [-0.25, -0.2) is 0 Å². The molecule has 1 saturated heterocycles. The molecule has 2 amide bonds. The van der Waals surface area contributed by atoms with Crippen LogP contribution in [0, 0.1) is 23.7 Å². The lowest BCUT2D eigenvalue weighted by molar-refractivity contribution is -0.143. The standard InChI is InChI=1S/C20H33N3O2.ClH/c21-19-16-7-6-15(13-16)18(19)20(25)23-11-9-22(10-12-23)17(24)8-5-14-3-1-2-4-14;/h14-16,18-19H,1-13,21H2;1H. The van der Waals surface area contributed by atoms with Crippen LogP contribution in [-0.2, 0) is 9.59 Å². The third kappa shape index (κ3) is 3.89. The zero-order chi connectivity index (χ0) is 17.4. The van der Waals surface area contributed by atoms with E-state index in [1.807, 2.05) is 9.80 Å². The van der Waals surface area contributed by atoms with Gasteiger partial charge in [0.15, 0.2) is 0 Å². The van der Waals surface area contributed by atoms with E-state index in [2.05, 4.69) is 0 Å². The van der Waals surface area contributed by atoms with Gasteiger partial charge in [0.1, 0.15) is 0 Å². The minimum absolute atomic E-state index is 0. The van der Waals surface area contributed by atoms with Gasteiger partial charge in [-0.2, -0.15) is 0 Å². The van der Waals surface area contributed by atoms with Crippen LogP contribution in [0.1, 0.15) is 57.8 Å². The summed E-state index contributed by atoms with van der Waals surface area (Å²) >= 11 is 0. The summed E-state index contributed by atoms with van der Waals surface area (Å²) in [5.74, 6) is 2.44. The Kier molecular flexibility index (Phi) is 6.50. The van der Waals surface area contributed by atoms with Crippen molar-refractivity contribution < 1.29 is 9.59 Å². The van der Waals surface area contributed by atoms with Crippen molar-refractivity contribution in [3.63, 3.8) is 0 Å². The van der Waals surface area contributed by atoms with Crippen LogP contribution in [0.25, 0.3) is 0 Å².